The molecule has 0 aliphatic carbocycles. The number of hydrogen-bond donors (Lipinski definition) is 0. The van der Waals surface area contributed by atoms with E-state index in [4.69, 9.17) is 0 Å². The molecule has 0 N–H and O–H groups in total. The van der Waals surface area contributed by atoms with Gasteiger partial charge in [-0.25, -0.2) is 4.68 Å². The molecule has 1 aromatic carbocycles. The summed E-state index contributed by atoms with van der Waals surface area (Å²) in [4.78, 5) is 13.6. The van der Waals surface area contributed by atoms with E-state index in [0.717, 1.165) is 32.6 Å². The fourth-order valence-electron chi connectivity index (χ4n) is 2.23. The first kappa shape index (κ1) is 14.2. The van der Waals surface area contributed by atoms with Crippen LogP contribution in [0.3, 0.4) is 0 Å². The molecule has 0 aliphatic rings. The Morgan fingerprint density at radius 2 is 2.05 bits per heavy atom. The van der Waals surface area contributed by atoms with Crippen molar-refractivity contribution in [2.24, 2.45) is 0 Å². The summed E-state index contributed by atoms with van der Waals surface area (Å²) in [6.45, 7) is 4.07. The molecule has 3 rings (SSSR count). The molecule has 3 nitrogen and oxygen atoms in total. The Morgan fingerprint density at radius 3 is 2.67 bits per heavy atom. The van der Waals surface area contributed by atoms with Crippen LogP contribution in [0.5, 0.6) is 0 Å². The van der Waals surface area contributed by atoms with Gasteiger partial charge in [-0.3, -0.25) is 4.79 Å². The van der Waals surface area contributed by atoms with Crippen LogP contribution >= 0.6 is 27.3 Å². The van der Waals surface area contributed by atoms with E-state index in [1.807, 2.05) is 44.2 Å². The van der Waals surface area contributed by atoms with Crippen molar-refractivity contribution in [2.45, 2.75) is 13.8 Å². The average molecular weight is 361 g/mol. The van der Waals surface area contributed by atoms with Gasteiger partial charge in [-0.2, -0.15) is 5.10 Å². The van der Waals surface area contributed by atoms with Gasteiger partial charge in [0.15, 0.2) is 6.29 Å². The summed E-state index contributed by atoms with van der Waals surface area (Å²) in [7, 11) is 0. The largest absolute Gasteiger partial charge is 0.298 e. The highest BCUT2D eigenvalue weighted by Gasteiger charge is 2.14. The number of thiophene rings is 1. The fraction of sp³-hybridized carbons (Fsp3) is 0.125. The second kappa shape index (κ2) is 5.58. The van der Waals surface area contributed by atoms with Gasteiger partial charge in [0.1, 0.15) is 5.69 Å². The molecule has 0 radical (unpaired) electrons. The van der Waals surface area contributed by atoms with Gasteiger partial charge >= 0.3 is 0 Å². The Labute approximate surface area is 135 Å². The fourth-order valence-corrected chi connectivity index (χ4v) is 3.58. The van der Waals surface area contributed by atoms with Gasteiger partial charge in [-0.05, 0) is 49.7 Å². The maximum atomic E-state index is 11.3. The van der Waals surface area contributed by atoms with Gasteiger partial charge in [-0.15, -0.1) is 11.3 Å². The highest BCUT2D eigenvalue weighted by Crippen LogP contribution is 2.30. The van der Waals surface area contributed by atoms with Crippen molar-refractivity contribution in [2.75, 3.05) is 0 Å². The third kappa shape index (κ3) is 2.71. The Kier molecular flexibility index (Phi) is 3.78. The summed E-state index contributed by atoms with van der Waals surface area (Å²) in [5.74, 6) is 0. The lowest BCUT2D eigenvalue weighted by atomic mass is 10.2. The molecule has 2 heterocycles. The van der Waals surface area contributed by atoms with Crippen molar-refractivity contribution < 1.29 is 4.79 Å². The van der Waals surface area contributed by atoms with Crippen LogP contribution in [0.4, 0.5) is 0 Å². The van der Waals surface area contributed by atoms with Gasteiger partial charge in [-0.1, -0.05) is 15.9 Å². The summed E-state index contributed by atoms with van der Waals surface area (Å²) >= 11 is 5.10. The van der Waals surface area contributed by atoms with Crippen LogP contribution in [-0.4, -0.2) is 16.1 Å². The van der Waals surface area contributed by atoms with Gasteiger partial charge in [0, 0.05) is 15.5 Å². The molecule has 21 heavy (non-hydrogen) atoms. The quantitative estimate of drug-likeness (QED) is 0.629. The molecule has 0 atom stereocenters. The molecule has 106 valence electrons. The van der Waals surface area contributed by atoms with Gasteiger partial charge in [0.2, 0.25) is 0 Å². The summed E-state index contributed by atoms with van der Waals surface area (Å²) in [5.41, 5.74) is 3.42. The third-order valence-corrected chi connectivity index (χ3v) is 4.75. The molecule has 0 fully saturated rings. The summed E-state index contributed by atoms with van der Waals surface area (Å²) in [6.07, 6.45) is 2.65. The zero-order valence-electron chi connectivity index (χ0n) is 11.6. The molecule has 0 unspecified atom stereocenters. The maximum Gasteiger partial charge on any atom is 0.153 e. The summed E-state index contributed by atoms with van der Waals surface area (Å²) < 4.78 is 2.80. The van der Waals surface area contributed by atoms with Crippen LogP contribution in [0.15, 0.2) is 41.0 Å². The Morgan fingerprint density at radius 1 is 1.24 bits per heavy atom. The molecule has 0 aliphatic heterocycles. The monoisotopic (exact) mass is 360 g/mol. The SMILES string of the molecule is Cc1ccc(-c2nn(-c3ccc(Br)cc3C)cc2C=O)s1. The van der Waals surface area contributed by atoms with Crippen molar-refractivity contribution in [1.29, 1.82) is 0 Å². The predicted molar refractivity (Wildman–Crippen MR) is 89.4 cm³/mol. The lowest BCUT2D eigenvalue weighted by molar-refractivity contribution is 0.112. The minimum Gasteiger partial charge on any atom is -0.298 e. The van der Waals surface area contributed by atoms with Crippen LogP contribution < -0.4 is 0 Å². The molecule has 0 saturated heterocycles. The number of aromatic nitrogens is 2. The lowest BCUT2D eigenvalue weighted by Crippen LogP contribution is -1.97. The van der Waals surface area contributed by atoms with E-state index < -0.39 is 0 Å². The van der Waals surface area contributed by atoms with Crippen molar-refractivity contribution in [1.82, 2.24) is 9.78 Å². The first-order chi connectivity index (χ1) is 10.1. The van der Waals surface area contributed by atoms with E-state index >= 15 is 0 Å². The van der Waals surface area contributed by atoms with Crippen LogP contribution in [-0.2, 0) is 0 Å². The number of nitrogens with zero attached hydrogens (tertiary/aromatic N) is 2. The number of rotatable bonds is 3. The number of carbonyl (C=O) groups excluding carboxylic acids is 1. The van der Waals surface area contributed by atoms with Gasteiger partial charge in [0.25, 0.3) is 0 Å². The Hall–Kier alpha value is -1.72. The van der Waals surface area contributed by atoms with E-state index in [9.17, 15) is 4.79 Å². The molecule has 0 amide bonds. The van der Waals surface area contributed by atoms with Crippen LogP contribution in [0.1, 0.15) is 20.8 Å². The standard InChI is InChI=1S/C16H13BrN2OS/c1-10-7-13(17)4-5-14(10)19-8-12(9-20)16(18-19)15-6-3-11(2)21-15/h3-9H,1-2H3. The zero-order chi connectivity index (χ0) is 15.0. The van der Waals surface area contributed by atoms with Gasteiger partial charge in [0.05, 0.1) is 16.1 Å². The van der Waals surface area contributed by atoms with Crippen LogP contribution in [0.2, 0.25) is 0 Å². The maximum absolute atomic E-state index is 11.3. The van der Waals surface area contributed by atoms with E-state index in [1.165, 1.54) is 4.88 Å². The van der Waals surface area contributed by atoms with E-state index in [1.54, 1.807) is 22.2 Å². The molecule has 0 spiro atoms. The van der Waals surface area contributed by atoms with Crippen LogP contribution in [0, 0.1) is 13.8 Å². The predicted octanol–water partition coefficient (Wildman–Crippen LogP) is 4.79. The normalized spacial score (nSPS) is 10.8. The van der Waals surface area contributed by atoms with E-state index in [2.05, 4.69) is 21.0 Å². The average Bonchev–Trinajstić information content (AvgIpc) is 3.04. The highest BCUT2D eigenvalue weighted by molar-refractivity contribution is 9.10. The minimum atomic E-state index is 0.610. The molecule has 0 bridgehead atoms. The topological polar surface area (TPSA) is 34.9 Å². The first-order valence-corrected chi connectivity index (χ1v) is 8.07. The van der Waals surface area contributed by atoms with Crippen molar-refractivity contribution in [3.63, 3.8) is 0 Å². The Bertz CT molecular complexity index is 820. The van der Waals surface area contributed by atoms with Gasteiger partial charge < -0.3 is 0 Å². The number of benzene rings is 1. The van der Waals surface area contributed by atoms with Crippen molar-refractivity contribution in [3.8, 4) is 16.3 Å². The van der Waals surface area contributed by atoms with E-state index in [0.29, 0.717) is 5.56 Å². The number of halogens is 1. The number of aldehydes is 1. The third-order valence-electron chi connectivity index (χ3n) is 3.25. The molecular formula is C16H13BrN2OS. The zero-order valence-corrected chi connectivity index (χ0v) is 14.0. The van der Waals surface area contributed by atoms with E-state index in [-0.39, 0.29) is 0 Å². The lowest BCUT2D eigenvalue weighted by Gasteiger charge is -2.05. The number of aryl methyl sites for hydroxylation is 2. The molecule has 0 saturated carbocycles. The smallest absolute Gasteiger partial charge is 0.153 e. The highest BCUT2D eigenvalue weighted by atomic mass is 79.9. The molecule has 5 heteroatoms. The minimum absolute atomic E-state index is 0.610. The summed E-state index contributed by atoms with van der Waals surface area (Å²) in [5, 5.41) is 4.61. The molecular weight excluding hydrogens is 348 g/mol. The number of carbonyl (C=O) groups is 1. The second-order valence-electron chi connectivity index (χ2n) is 4.84. The number of hydrogen-bond acceptors (Lipinski definition) is 3. The van der Waals surface area contributed by atoms with Crippen LogP contribution in [0.25, 0.3) is 16.3 Å². The first-order valence-electron chi connectivity index (χ1n) is 6.46. The summed E-state index contributed by atoms with van der Waals surface area (Å²) in [6, 6.07) is 10.0. The molecule has 3 aromatic rings. The van der Waals surface area contributed by atoms with Crippen molar-refractivity contribution >= 4 is 33.6 Å². The second-order valence-corrected chi connectivity index (χ2v) is 7.04. The Balaban J connectivity index is 2.13. The molecule has 2 aromatic heterocycles. The van der Waals surface area contributed by atoms with Crippen molar-refractivity contribution in [3.05, 3.63) is 57.0 Å².